The van der Waals surface area contributed by atoms with Crippen molar-refractivity contribution in [1.82, 2.24) is 4.90 Å². The molecular formula is C23H30F2N2. The van der Waals surface area contributed by atoms with Gasteiger partial charge in [-0.2, -0.15) is 0 Å². The van der Waals surface area contributed by atoms with E-state index in [9.17, 15) is 8.78 Å². The van der Waals surface area contributed by atoms with Crippen LogP contribution in [0.15, 0.2) is 40.0 Å². The van der Waals surface area contributed by atoms with E-state index >= 15 is 0 Å². The Bertz CT molecular complexity index is 831. The van der Waals surface area contributed by atoms with Crippen LogP contribution in [-0.4, -0.2) is 23.7 Å². The van der Waals surface area contributed by atoms with Gasteiger partial charge in [0.05, 0.1) is 11.4 Å². The average molecular weight is 373 g/mol. The van der Waals surface area contributed by atoms with Crippen molar-refractivity contribution in [1.29, 1.82) is 0 Å². The first kappa shape index (κ1) is 19.8. The van der Waals surface area contributed by atoms with E-state index in [0.29, 0.717) is 11.7 Å². The maximum absolute atomic E-state index is 13.6. The van der Waals surface area contributed by atoms with Crippen LogP contribution in [0.3, 0.4) is 0 Å². The second kappa shape index (κ2) is 7.57. The highest BCUT2D eigenvalue weighted by atomic mass is 19.2. The van der Waals surface area contributed by atoms with Crippen molar-refractivity contribution in [2.75, 3.05) is 7.05 Å². The number of fused-ring (bicyclic) bond motifs is 1. The van der Waals surface area contributed by atoms with Crippen LogP contribution in [0.25, 0.3) is 0 Å². The van der Waals surface area contributed by atoms with Crippen LogP contribution in [0, 0.1) is 17.6 Å². The number of rotatable bonds is 1. The summed E-state index contributed by atoms with van der Waals surface area (Å²) >= 11 is 0. The second-order valence-corrected chi connectivity index (χ2v) is 8.36. The summed E-state index contributed by atoms with van der Waals surface area (Å²) in [5, 5.41) is 0. The Morgan fingerprint density at radius 2 is 1.63 bits per heavy atom. The van der Waals surface area contributed by atoms with Gasteiger partial charge in [-0.05, 0) is 61.8 Å². The standard InChI is InChI=1S/C19H22F2N2.C4H8/c1-10-6-18(15-9-23(5)13(4)11(2)12(15)3)22-19-8-17(21)16(20)7-14(10)19;1-4-2-3-4/h7-10,13H,6H2,1-5H3;4H,2-3H2,1H3. The van der Waals surface area contributed by atoms with Crippen LogP contribution in [0.2, 0.25) is 0 Å². The number of hydrogen-bond donors (Lipinski definition) is 0. The molecule has 2 nitrogen and oxygen atoms in total. The molecule has 4 heteroatoms. The lowest BCUT2D eigenvalue weighted by molar-refractivity contribution is 0.382. The summed E-state index contributed by atoms with van der Waals surface area (Å²) < 4.78 is 27.1. The summed E-state index contributed by atoms with van der Waals surface area (Å²) in [6, 6.07) is 2.86. The molecule has 0 radical (unpaired) electrons. The molecular weight excluding hydrogens is 342 g/mol. The molecule has 0 saturated heterocycles. The molecule has 1 aliphatic carbocycles. The topological polar surface area (TPSA) is 15.6 Å². The van der Waals surface area contributed by atoms with Crippen LogP contribution in [-0.2, 0) is 0 Å². The summed E-state index contributed by atoms with van der Waals surface area (Å²) in [7, 11) is 2.05. The van der Waals surface area contributed by atoms with Gasteiger partial charge in [0.2, 0.25) is 0 Å². The molecule has 1 saturated carbocycles. The summed E-state index contributed by atoms with van der Waals surface area (Å²) in [5.74, 6) is -0.439. The monoisotopic (exact) mass is 372 g/mol. The average Bonchev–Trinajstić information content (AvgIpc) is 3.40. The highest BCUT2D eigenvalue weighted by Crippen LogP contribution is 2.39. The molecule has 0 aromatic heterocycles. The third-order valence-electron chi connectivity index (χ3n) is 6.10. The number of halogens is 2. The van der Waals surface area contributed by atoms with Crippen LogP contribution in [0.5, 0.6) is 0 Å². The zero-order valence-corrected chi connectivity index (χ0v) is 17.2. The fourth-order valence-corrected chi connectivity index (χ4v) is 3.51. The van der Waals surface area contributed by atoms with Gasteiger partial charge in [-0.15, -0.1) is 0 Å². The Hall–Kier alpha value is -1.97. The molecule has 4 rings (SSSR count). The van der Waals surface area contributed by atoms with Gasteiger partial charge in [0.15, 0.2) is 11.6 Å². The Kier molecular flexibility index (Phi) is 5.55. The van der Waals surface area contributed by atoms with E-state index in [2.05, 4.69) is 50.8 Å². The SMILES string of the molecule is CC1=C(C)C(C)N(C)C=C1C1=Nc2cc(F)c(F)cc2C(C)C1.CC1CC1. The number of aliphatic imine (C=N–C) groups is 1. The molecule has 1 fully saturated rings. The van der Waals surface area contributed by atoms with E-state index in [1.54, 1.807) is 0 Å². The third-order valence-corrected chi connectivity index (χ3v) is 6.10. The molecule has 0 amide bonds. The molecule has 2 atom stereocenters. The molecule has 0 bridgehead atoms. The normalized spacial score (nSPS) is 24.7. The second-order valence-electron chi connectivity index (χ2n) is 8.36. The Balaban J connectivity index is 0.000000466. The molecule has 3 aliphatic rings. The van der Waals surface area contributed by atoms with Crippen molar-refractivity contribution in [3.8, 4) is 0 Å². The predicted octanol–water partition coefficient (Wildman–Crippen LogP) is 6.52. The quantitative estimate of drug-likeness (QED) is 0.548. The summed E-state index contributed by atoms with van der Waals surface area (Å²) in [6.45, 7) is 10.7. The van der Waals surface area contributed by atoms with Crippen molar-refractivity contribution in [3.05, 3.63) is 52.2 Å². The predicted molar refractivity (Wildman–Crippen MR) is 109 cm³/mol. The number of hydrogen-bond acceptors (Lipinski definition) is 2. The van der Waals surface area contributed by atoms with E-state index in [0.717, 1.165) is 29.2 Å². The van der Waals surface area contributed by atoms with Crippen LogP contribution in [0.4, 0.5) is 14.5 Å². The van der Waals surface area contributed by atoms with Crippen LogP contribution in [0.1, 0.15) is 65.4 Å². The minimum Gasteiger partial charge on any atom is -0.373 e. The number of allylic oxidation sites excluding steroid dienone is 2. The number of likely N-dealkylation sites (N-methyl/N-ethyl adjacent to an activating group) is 1. The molecule has 27 heavy (non-hydrogen) atoms. The summed E-state index contributed by atoms with van der Waals surface area (Å²) in [6.07, 6.45) is 5.82. The lowest BCUT2D eigenvalue weighted by Gasteiger charge is -2.34. The van der Waals surface area contributed by atoms with E-state index in [1.807, 2.05) is 6.92 Å². The Morgan fingerprint density at radius 1 is 1.04 bits per heavy atom. The maximum Gasteiger partial charge on any atom is 0.160 e. The maximum atomic E-state index is 13.6. The fourth-order valence-electron chi connectivity index (χ4n) is 3.51. The smallest absolute Gasteiger partial charge is 0.160 e. The molecule has 2 unspecified atom stereocenters. The van der Waals surface area contributed by atoms with E-state index in [-0.39, 0.29) is 5.92 Å². The van der Waals surface area contributed by atoms with Gasteiger partial charge in [-0.25, -0.2) is 8.78 Å². The zero-order chi connectivity index (χ0) is 19.9. The molecule has 146 valence electrons. The molecule has 0 N–H and O–H groups in total. The van der Waals surface area contributed by atoms with Crippen molar-refractivity contribution in [2.24, 2.45) is 10.9 Å². The van der Waals surface area contributed by atoms with Gasteiger partial charge >= 0.3 is 0 Å². The largest absolute Gasteiger partial charge is 0.373 e. The van der Waals surface area contributed by atoms with E-state index in [4.69, 9.17) is 0 Å². The fraction of sp³-hybridized carbons (Fsp3) is 0.522. The lowest BCUT2D eigenvalue weighted by Crippen LogP contribution is -2.31. The van der Waals surface area contributed by atoms with Gasteiger partial charge in [0, 0.05) is 30.9 Å². The molecule has 1 aromatic carbocycles. The Labute approximate surface area is 161 Å². The van der Waals surface area contributed by atoms with E-state index < -0.39 is 11.6 Å². The van der Waals surface area contributed by atoms with Gasteiger partial charge in [-0.3, -0.25) is 4.99 Å². The highest BCUT2D eigenvalue weighted by molar-refractivity contribution is 6.06. The van der Waals surface area contributed by atoms with E-state index in [1.165, 1.54) is 36.1 Å². The summed E-state index contributed by atoms with van der Waals surface area (Å²) in [4.78, 5) is 6.82. The van der Waals surface area contributed by atoms with Gasteiger partial charge in [-0.1, -0.05) is 26.7 Å². The third kappa shape index (κ3) is 4.15. The van der Waals surface area contributed by atoms with Crippen LogP contribution < -0.4 is 0 Å². The zero-order valence-electron chi connectivity index (χ0n) is 17.2. The first-order valence-corrected chi connectivity index (χ1v) is 9.87. The lowest BCUT2D eigenvalue weighted by atomic mass is 9.84. The first-order valence-electron chi connectivity index (χ1n) is 9.87. The van der Waals surface area contributed by atoms with Crippen molar-refractivity contribution < 1.29 is 8.78 Å². The number of nitrogens with zero attached hydrogens (tertiary/aromatic N) is 2. The minimum absolute atomic E-state index is 0.117. The van der Waals surface area contributed by atoms with Gasteiger partial charge in [0.25, 0.3) is 0 Å². The highest BCUT2D eigenvalue weighted by Gasteiger charge is 2.27. The molecule has 1 aromatic rings. The van der Waals surface area contributed by atoms with Gasteiger partial charge < -0.3 is 4.90 Å². The van der Waals surface area contributed by atoms with Crippen molar-refractivity contribution in [2.45, 2.75) is 65.8 Å². The van der Waals surface area contributed by atoms with Gasteiger partial charge in [0.1, 0.15) is 0 Å². The number of benzene rings is 1. The van der Waals surface area contributed by atoms with Crippen molar-refractivity contribution >= 4 is 11.4 Å². The molecule has 2 heterocycles. The first-order chi connectivity index (χ1) is 12.7. The minimum atomic E-state index is -0.840. The molecule has 2 aliphatic heterocycles. The summed E-state index contributed by atoms with van der Waals surface area (Å²) in [5.41, 5.74) is 5.93. The van der Waals surface area contributed by atoms with Crippen molar-refractivity contribution in [3.63, 3.8) is 0 Å². The molecule has 0 spiro atoms. The van der Waals surface area contributed by atoms with Crippen LogP contribution >= 0.6 is 0 Å². The Morgan fingerprint density at radius 3 is 2.22 bits per heavy atom.